The van der Waals surface area contributed by atoms with Gasteiger partial charge in [0, 0.05) is 5.57 Å². The lowest BCUT2D eigenvalue weighted by atomic mass is 9.96. The lowest BCUT2D eigenvalue weighted by Gasteiger charge is -2.08. The Morgan fingerprint density at radius 2 is 1.68 bits per heavy atom. The number of thioether (sulfide) groups is 1. The molecule has 0 atom stereocenters. The van der Waals surface area contributed by atoms with Crippen molar-refractivity contribution >= 4 is 28.9 Å². The molecule has 112 valence electrons. The van der Waals surface area contributed by atoms with Crippen LogP contribution in [0.25, 0.3) is 11.1 Å². The second-order valence-corrected chi connectivity index (χ2v) is 5.59. The summed E-state index contributed by atoms with van der Waals surface area (Å²) in [4.78, 5) is 11.9. The molecule has 0 aliphatic carbocycles. The van der Waals surface area contributed by atoms with Crippen molar-refractivity contribution in [2.24, 2.45) is 0 Å². The second kappa shape index (κ2) is 5.93. The second-order valence-electron chi connectivity index (χ2n) is 4.77. The standard InChI is InChI=1S/C17H12F2O2S/c1-22-16-13(18)7-11(8-14(16)19)12-9-21-17(20)15(12)10-5-3-2-4-6-10/h2-8H,9H2,1H3. The first kappa shape index (κ1) is 14.8. The van der Waals surface area contributed by atoms with E-state index in [1.165, 1.54) is 12.1 Å². The molecule has 1 aliphatic rings. The highest BCUT2D eigenvalue weighted by Crippen LogP contribution is 2.35. The minimum atomic E-state index is -0.637. The minimum absolute atomic E-state index is 0.0144. The van der Waals surface area contributed by atoms with Crippen LogP contribution < -0.4 is 0 Å². The van der Waals surface area contributed by atoms with Crippen molar-refractivity contribution < 1.29 is 18.3 Å². The van der Waals surface area contributed by atoms with Crippen LogP contribution in [0.3, 0.4) is 0 Å². The molecule has 0 fully saturated rings. The molecule has 0 aromatic heterocycles. The molecule has 2 nitrogen and oxygen atoms in total. The quantitative estimate of drug-likeness (QED) is 0.628. The third kappa shape index (κ3) is 2.52. The Labute approximate surface area is 130 Å². The summed E-state index contributed by atoms with van der Waals surface area (Å²) in [6.45, 7) is 0.0144. The van der Waals surface area contributed by atoms with E-state index in [1.54, 1.807) is 30.5 Å². The number of benzene rings is 2. The number of hydrogen-bond donors (Lipinski definition) is 0. The van der Waals surface area contributed by atoms with Crippen molar-refractivity contribution in [3.63, 3.8) is 0 Å². The van der Waals surface area contributed by atoms with Crippen molar-refractivity contribution in [3.05, 3.63) is 65.2 Å². The predicted octanol–water partition coefficient (Wildman–Crippen LogP) is 4.15. The molecule has 2 aromatic carbocycles. The first-order valence-corrected chi connectivity index (χ1v) is 7.83. The Balaban J connectivity index is 2.17. The zero-order chi connectivity index (χ0) is 15.7. The van der Waals surface area contributed by atoms with Gasteiger partial charge in [-0.1, -0.05) is 30.3 Å². The summed E-state index contributed by atoms with van der Waals surface area (Å²) in [6.07, 6.45) is 1.61. The highest BCUT2D eigenvalue weighted by atomic mass is 32.2. The van der Waals surface area contributed by atoms with Crippen LogP contribution in [-0.2, 0) is 9.53 Å². The third-order valence-corrected chi connectivity index (χ3v) is 4.27. The van der Waals surface area contributed by atoms with Crippen LogP contribution >= 0.6 is 11.8 Å². The van der Waals surface area contributed by atoms with E-state index >= 15 is 0 Å². The van der Waals surface area contributed by atoms with Crippen LogP contribution in [-0.4, -0.2) is 18.8 Å². The van der Waals surface area contributed by atoms with Crippen LogP contribution in [0.15, 0.2) is 47.4 Å². The molecule has 3 rings (SSSR count). The number of cyclic esters (lactones) is 1. The van der Waals surface area contributed by atoms with Gasteiger partial charge in [0.05, 0.1) is 10.5 Å². The molecule has 0 amide bonds. The van der Waals surface area contributed by atoms with Gasteiger partial charge in [-0.05, 0) is 29.5 Å². The van der Waals surface area contributed by atoms with Crippen LogP contribution in [0.4, 0.5) is 8.78 Å². The van der Waals surface area contributed by atoms with Gasteiger partial charge in [0.25, 0.3) is 0 Å². The topological polar surface area (TPSA) is 26.3 Å². The number of rotatable bonds is 3. The van der Waals surface area contributed by atoms with Crippen LogP contribution in [0.2, 0.25) is 0 Å². The van der Waals surface area contributed by atoms with Crippen LogP contribution in [0, 0.1) is 11.6 Å². The molecule has 0 saturated carbocycles. The van der Waals surface area contributed by atoms with Gasteiger partial charge in [-0.3, -0.25) is 0 Å². The average Bonchev–Trinajstić information content (AvgIpc) is 2.89. The van der Waals surface area contributed by atoms with Gasteiger partial charge in [0.1, 0.15) is 18.2 Å². The summed E-state index contributed by atoms with van der Waals surface area (Å²) in [7, 11) is 0. The monoisotopic (exact) mass is 318 g/mol. The third-order valence-electron chi connectivity index (χ3n) is 3.47. The lowest BCUT2D eigenvalue weighted by molar-refractivity contribution is -0.133. The fraction of sp³-hybridized carbons (Fsp3) is 0.118. The predicted molar refractivity (Wildman–Crippen MR) is 82.4 cm³/mol. The van der Waals surface area contributed by atoms with Gasteiger partial charge in [0.15, 0.2) is 0 Å². The number of ether oxygens (including phenoxy) is 1. The number of esters is 1. The Kier molecular flexibility index (Phi) is 3.98. The zero-order valence-corrected chi connectivity index (χ0v) is 12.5. The maximum Gasteiger partial charge on any atom is 0.339 e. The number of hydrogen-bond acceptors (Lipinski definition) is 3. The Morgan fingerprint density at radius 3 is 2.27 bits per heavy atom. The van der Waals surface area contributed by atoms with E-state index in [-0.39, 0.29) is 11.5 Å². The zero-order valence-electron chi connectivity index (χ0n) is 11.7. The van der Waals surface area contributed by atoms with E-state index in [9.17, 15) is 13.6 Å². The molecule has 0 spiro atoms. The number of carbonyl (C=O) groups excluding carboxylic acids is 1. The summed E-state index contributed by atoms with van der Waals surface area (Å²) in [5.74, 6) is -1.75. The van der Waals surface area contributed by atoms with E-state index < -0.39 is 17.6 Å². The minimum Gasteiger partial charge on any atom is -0.457 e. The maximum absolute atomic E-state index is 14.0. The van der Waals surface area contributed by atoms with Gasteiger partial charge < -0.3 is 4.74 Å². The number of carbonyl (C=O) groups is 1. The van der Waals surface area contributed by atoms with Gasteiger partial charge in [0.2, 0.25) is 0 Å². The molecule has 1 heterocycles. The van der Waals surface area contributed by atoms with Crippen molar-refractivity contribution in [1.29, 1.82) is 0 Å². The first-order valence-electron chi connectivity index (χ1n) is 6.61. The SMILES string of the molecule is CSc1c(F)cc(C2=C(c3ccccc3)C(=O)OC2)cc1F. The highest BCUT2D eigenvalue weighted by molar-refractivity contribution is 7.98. The van der Waals surface area contributed by atoms with Gasteiger partial charge in [-0.2, -0.15) is 0 Å². The molecular weight excluding hydrogens is 306 g/mol. The van der Waals surface area contributed by atoms with Crippen molar-refractivity contribution in [3.8, 4) is 0 Å². The normalized spacial score (nSPS) is 14.4. The van der Waals surface area contributed by atoms with E-state index in [2.05, 4.69) is 0 Å². The molecule has 22 heavy (non-hydrogen) atoms. The molecule has 0 radical (unpaired) electrons. The van der Waals surface area contributed by atoms with E-state index in [0.29, 0.717) is 22.3 Å². The van der Waals surface area contributed by atoms with Crippen molar-refractivity contribution in [2.75, 3.05) is 12.9 Å². The van der Waals surface area contributed by atoms with Gasteiger partial charge in [-0.25, -0.2) is 13.6 Å². The average molecular weight is 318 g/mol. The Morgan fingerprint density at radius 1 is 1.05 bits per heavy atom. The summed E-state index contributed by atoms with van der Waals surface area (Å²) < 4.78 is 33.0. The molecule has 0 saturated heterocycles. The van der Waals surface area contributed by atoms with E-state index in [4.69, 9.17) is 4.74 Å². The summed E-state index contributed by atoms with van der Waals surface area (Å²) in [6, 6.07) is 11.4. The molecule has 0 bridgehead atoms. The van der Waals surface area contributed by atoms with Crippen molar-refractivity contribution in [1.82, 2.24) is 0 Å². The Hall–Kier alpha value is -2.14. The molecule has 0 unspecified atom stereocenters. The summed E-state index contributed by atoms with van der Waals surface area (Å²) in [5.41, 5.74) is 1.87. The van der Waals surface area contributed by atoms with E-state index in [1.807, 2.05) is 6.07 Å². The fourth-order valence-corrected chi connectivity index (χ4v) is 2.97. The molecule has 0 N–H and O–H groups in total. The smallest absolute Gasteiger partial charge is 0.339 e. The van der Waals surface area contributed by atoms with Gasteiger partial charge >= 0.3 is 5.97 Å². The highest BCUT2D eigenvalue weighted by Gasteiger charge is 2.28. The molecule has 5 heteroatoms. The lowest BCUT2D eigenvalue weighted by Crippen LogP contribution is -1.98. The largest absolute Gasteiger partial charge is 0.457 e. The first-order chi connectivity index (χ1) is 10.6. The molecule has 2 aromatic rings. The Bertz CT molecular complexity index is 746. The summed E-state index contributed by atoms with van der Waals surface area (Å²) in [5, 5.41) is 0. The summed E-state index contributed by atoms with van der Waals surface area (Å²) >= 11 is 1.01. The van der Waals surface area contributed by atoms with E-state index in [0.717, 1.165) is 11.8 Å². The molecular formula is C17H12F2O2S. The van der Waals surface area contributed by atoms with Crippen LogP contribution in [0.5, 0.6) is 0 Å². The van der Waals surface area contributed by atoms with Crippen LogP contribution in [0.1, 0.15) is 11.1 Å². The maximum atomic E-state index is 14.0. The number of halogens is 2. The van der Waals surface area contributed by atoms with Crippen molar-refractivity contribution in [2.45, 2.75) is 4.90 Å². The fourth-order valence-electron chi connectivity index (χ4n) is 2.46. The molecule has 1 aliphatic heterocycles. The van der Waals surface area contributed by atoms with Gasteiger partial charge in [-0.15, -0.1) is 11.8 Å².